The average molecular weight is 282 g/mol. The molecule has 0 aliphatic carbocycles. The number of rotatable bonds is 5. The van der Waals surface area contributed by atoms with Crippen LogP contribution < -0.4 is 5.32 Å². The highest BCUT2D eigenvalue weighted by Crippen LogP contribution is 2.25. The second-order valence-electron chi connectivity index (χ2n) is 3.99. The number of aliphatic hydroxyl groups is 1. The smallest absolute Gasteiger partial charge is 0.226 e. The maximum absolute atomic E-state index is 11.6. The van der Waals surface area contributed by atoms with E-state index in [2.05, 4.69) is 10.3 Å². The van der Waals surface area contributed by atoms with Crippen LogP contribution in [0.5, 0.6) is 0 Å². The van der Waals surface area contributed by atoms with E-state index in [1.807, 2.05) is 22.2 Å². The molecular weight excluding hydrogens is 268 g/mol. The molecule has 2 aromatic heterocycles. The van der Waals surface area contributed by atoms with Crippen LogP contribution in [0.25, 0.3) is 10.6 Å². The van der Waals surface area contributed by atoms with Gasteiger partial charge >= 0.3 is 0 Å². The van der Waals surface area contributed by atoms with Gasteiger partial charge in [-0.15, -0.1) is 11.3 Å². The van der Waals surface area contributed by atoms with Crippen molar-refractivity contribution in [2.24, 2.45) is 0 Å². The highest BCUT2D eigenvalue weighted by atomic mass is 32.1. The van der Waals surface area contributed by atoms with Crippen molar-refractivity contribution in [1.29, 1.82) is 0 Å². The van der Waals surface area contributed by atoms with Crippen molar-refractivity contribution in [3.05, 3.63) is 27.9 Å². The minimum Gasteiger partial charge on any atom is -0.392 e. The standard InChI is InChI=1S/C12H14N2O2S2/c1-8(15)5-13-11(16)4-10-7-18-12(14-10)9-2-3-17-6-9/h2-3,6-8,15H,4-5H2,1H3,(H,13,16). The van der Waals surface area contributed by atoms with Crippen LogP contribution in [-0.4, -0.2) is 28.6 Å². The number of hydrogen-bond acceptors (Lipinski definition) is 5. The molecule has 0 aliphatic rings. The summed E-state index contributed by atoms with van der Waals surface area (Å²) in [6.07, 6.45) is -0.265. The minimum atomic E-state index is -0.522. The number of thiophene rings is 1. The summed E-state index contributed by atoms with van der Waals surface area (Å²) in [4.78, 5) is 16.0. The van der Waals surface area contributed by atoms with Crippen molar-refractivity contribution in [3.8, 4) is 10.6 Å². The third-order valence-corrected chi connectivity index (χ3v) is 3.88. The van der Waals surface area contributed by atoms with Crippen molar-refractivity contribution in [2.45, 2.75) is 19.4 Å². The molecule has 4 nitrogen and oxygen atoms in total. The Labute approximate surface area is 113 Å². The summed E-state index contributed by atoms with van der Waals surface area (Å²) in [5, 5.41) is 18.6. The topological polar surface area (TPSA) is 62.2 Å². The van der Waals surface area contributed by atoms with Gasteiger partial charge in [0, 0.05) is 22.9 Å². The van der Waals surface area contributed by atoms with E-state index in [0.29, 0.717) is 0 Å². The van der Waals surface area contributed by atoms with Crippen molar-refractivity contribution >= 4 is 28.6 Å². The summed E-state index contributed by atoms with van der Waals surface area (Å²) in [6, 6.07) is 2.01. The van der Waals surface area contributed by atoms with Crippen LogP contribution in [0.4, 0.5) is 0 Å². The fourth-order valence-corrected chi connectivity index (χ4v) is 2.93. The average Bonchev–Trinajstić information content (AvgIpc) is 2.95. The van der Waals surface area contributed by atoms with Crippen molar-refractivity contribution in [1.82, 2.24) is 10.3 Å². The van der Waals surface area contributed by atoms with Crippen LogP contribution in [0.3, 0.4) is 0 Å². The van der Waals surface area contributed by atoms with Crippen LogP contribution >= 0.6 is 22.7 Å². The van der Waals surface area contributed by atoms with E-state index in [4.69, 9.17) is 5.11 Å². The molecule has 1 amide bonds. The van der Waals surface area contributed by atoms with E-state index in [1.54, 1.807) is 18.3 Å². The quantitative estimate of drug-likeness (QED) is 0.880. The van der Waals surface area contributed by atoms with Crippen LogP contribution in [-0.2, 0) is 11.2 Å². The molecular formula is C12H14N2O2S2. The minimum absolute atomic E-state index is 0.113. The molecule has 96 valence electrons. The van der Waals surface area contributed by atoms with E-state index in [1.165, 1.54) is 11.3 Å². The van der Waals surface area contributed by atoms with Gasteiger partial charge in [0.05, 0.1) is 18.2 Å². The number of nitrogens with one attached hydrogen (secondary N) is 1. The van der Waals surface area contributed by atoms with Crippen LogP contribution in [0.2, 0.25) is 0 Å². The monoisotopic (exact) mass is 282 g/mol. The maximum Gasteiger partial charge on any atom is 0.226 e. The zero-order valence-electron chi connectivity index (χ0n) is 9.92. The molecule has 1 unspecified atom stereocenters. The SMILES string of the molecule is CC(O)CNC(=O)Cc1csc(-c2ccsc2)n1. The summed E-state index contributed by atoms with van der Waals surface area (Å²) in [5.41, 5.74) is 1.87. The molecule has 2 N–H and O–H groups in total. The molecule has 1 atom stereocenters. The lowest BCUT2D eigenvalue weighted by Gasteiger charge is -2.05. The Bertz CT molecular complexity index is 506. The number of amides is 1. The number of hydrogen-bond donors (Lipinski definition) is 2. The van der Waals surface area contributed by atoms with Gasteiger partial charge in [-0.1, -0.05) is 0 Å². The third kappa shape index (κ3) is 3.63. The van der Waals surface area contributed by atoms with Crippen LogP contribution in [0, 0.1) is 0 Å². The van der Waals surface area contributed by atoms with Gasteiger partial charge in [-0.05, 0) is 18.4 Å². The Morgan fingerprint density at radius 3 is 3.06 bits per heavy atom. The van der Waals surface area contributed by atoms with E-state index >= 15 is 0 Å². The van der Waals surface area contributed by atoms with Gasteiger partial charge < -0.3 is 10.4 Å². The molecule has 0 aliphatic heterocycles. The fraction of sp³-hybridized carbons (Fsp3) is 0.333. The molecule has 0 saturated carbocycles. The molecule has 6 heteroatoms. The highest BCUT2D eigenvalue weighted by molar-refractivity contribution is 7.14. The largest absolute Gasteiger partial charge is 0.392 e. The normalized spacial score (nSPS) is 12.3. The first-order valence-corrected chi connectivity index (χ1v) is 7.39. The first-order chi connectivity index (χ1) is 8.65. The van der Waals surface area contributed by atoms with Gasteiger partial charge in [-0.2, -0.15) is 11.3 Å². The van der Waals surface area contributed by atoms with E-state index in [-0.39, 0.29) is 18.9 Å². The van der Waals surface area contributed by atoms with Gasteiger partial charge in [-0.3, -0.25) is 4.79 Å². The van der Waals surface area contributed by atoms with Crippen LogP contribution in [0.1, 0.15) is 12.6 Å². The van der Waals surface area contributed by atoms with E-state index in [9.17, 15) is 4.79 Å². The maximum atomic E-state index is 11.6. The molecule has 0 aromatic carbocycles. The van der Waals surface area contributed by atoms with Crippen molar-refractivity contribution in [3.63, 3.8) is 0 Å². The van der Waals surface area contributed by atoms with Gasteiger partial charge in [0.25, 0.3) is 0 Å². The van der Waals surface area contributed by atoms with Gasteiger partial charge in [-0.25, -0.2) is 4.98 Å². The Balaban J connectivity index is 1.93. The Kier molecular flexibility index (Phi) is 4.46. The molecule has 2 heterocycles. The summed E-state index contributed by atoms with van der Waals surface area (Å²) >= 11 is 3.17. The summed E-state index contributed by atoms with van der Waals surface area (Å²) in [5.74, 6) is -0.113. The number of carbonyl (C=O) groups is 1. The second-order valence-corrected chi connectivity index (χ2v) is 5.62. The number of aliphatic hydroxyl groups excluding tert-OH is 1. The van der Waals surface area contributed by atoms with Gasteiger partial charge in [0.2, 0.25) is 5.91 Å². The van der Waals surface area contributed by atoms with E-state index < -0.39 is 6.10 Å². The molecule has 0 spiro atoms. The summed E-state index contributed by atoms with van der Waals surface area (Å²) in [7, 11) is 0. The predicted molar refractivity (Wildman–Crippen MR) is 73.8 cm³/mol. The van der Waals surface area contributed by atoms with Gasteiger partial charge in [0.15, 0.2) is 0 Å². The Morgan fingerprint density at radius 1 is 1.56 bits per heavy atom. The second kappa shape index (κ2) is 6.08. The molecule has 0 radical (unpaired) electrons. The molecule has 2 rings (SSSR count). The zero-order valence-corrected chi connectivity index (χ0v) is 11.6. The van der Waals surface area contributed by atoms with Crippen molar-refractivity contribution < 1.29 is 9.90 Å². The summed E-state index contributed by atoms with van der Waals surface area (Å²) in [6.45, 7) is 1.91. The molecule has 0 saturated heterocycles. The lowest BCUT2D eigenvalue weighted by molar-refractivity contribution is -0.120. The third-order valence-electron chi connectivity index (χ3n) is 2.26. The van der Waals surface area contributed by atoms with Crippen LogP contribution in [0.15, 0.2) is 22.2 Å². The number of aromatic nitrogens is 1. The highest BCUT2D eigenvalue weighted by Gasteiger charge is 2.09. The molecule has 0 fully saturated rings. The Hall–Kier alpha value is -1.24. The predicted octanol–water partition coefficient (Wildman–Crippen LogP) is 1.91. The number of thiazole rings is 1. The first-order valence-electron chi connectivity index (χ1n) is 5.57. The van der Waals surface area contributed by atoms with E-state index in [0.717, 1.165) is 16.3 Å². The molecule has 2 aromatic rings. The molecule has 0 bridgehead atoms. The number of nitrogens with zero attached hydrogens (tertiary/aromatic N) is 1. The molecule has 18 heavy (non-hydrogen) atoms. The lowest BCUT2D eigenvalue weighted by Crippen LogP contribution is -2.31. The lowest BCUT2D eigenvalue weighted by atomic mass is 10.3. The zero-order chi connectivity index (χ0) is 13.0. The fourth-order valence-electron chi connectivity index (χ4n) is 1.40. The van der Waals surface area contributed by atoms with Gasteiger partial charge in [0.1, 0.15) is 5.01 Å². The number of carbonyl (C=O) groups excluding carboxylic acids is 1. The van der Waals surface area contributed by atoms with Crippen molar-refractivity contribution in [2.75, 3.05) is 6.54 Å². The summed E-state index contributed by atoms with van der Waals surface area (Å²) < 4.78 is 0. The Morgan fingerprint density at radius 2 is 2.39 bits per heavy atom. The first kappa shape index (κ1) is 13.2.